The molecular weight excluding hydrogens is 172 g/mol. The van der Waals surface area contributed by atoms with Gasteiger partial charge < -0.3 is 4.57 Å². The Morgan fingerprint density at radius 1 is 1.14 bits per heavy atom. The molecule has 0 atom stereocenters. The number of hydrogen-bond donors (Lipinski definition) is 0. The summed E-state index contributed by atoms with van der Waals surface area (Å²) in [5.41, 5.74) is 1.19. The fourth-order valence-electron chi connectivity index (χ4n) is 1.27. The first-order valence-corrected chi connectivity index (χ1v) is 4.57. The van der Waals surface area contributed by atoms with E-state index in [9.17, 15) is 0 Å². The predicted molar refractivity (Wildman–Crippen MR) is 58.6 cm³/mol. The Bertz CT molecular complexity index is 427. The minimum Gasteiger partial charge on any atom is -0.335 e. The second kappa shape index (κ2) is 3.92. The van der Waals surface area contributed by atoms with Gasteiger partial charge in [-0.25, -0.2) is 4.98 Å². The number of benzene rings is 1. The first kappa shape index (κ1) is 8.75. The van der Waals surface area contributed by atoms with Crippen LogP contribution >= 0.6 is 0 Å². The largest absolute Gasteiger partial charge is 0.335 e. The van der Waals surface area contributed by atoms with Gasteiger partial charge in [0, 0.05) is 19.4 Å². The molecule has 0 fully saturated rings. The van der Waals surface area contributed by atoms with Crippen molar-refractivity contribution in [2.75, 3.05) is 0 Å². The molecule has 2 nitrogen and oxygen atoms in total. The molecule has 0 bridgehead atoms. The van der Waals surface area contributed by atoms with Crippen molar-refractivity contribution in [2.45, 2.75) is 0 Å². The maximum absolute atomic E-state index is 4.21. The van der Waals surface area contributed by atoms with E-state index in [1.54, 1.807) is 6.20 Å². The standard InChI is InChI=1S/C12H12N2/c1-14-10-9-13-12(14)8-7-11-5-3-2-4-6-11/h2-10H,1H3/b8-7+. The molecular formula is C12H12N2. The lowest BCUT2D eigenvalue weighted by atomic mass is 10.2. The van der Waals surface area contributed by atoms with Gasteiger partial charge in [0.15, 0.2) is 0 Å². The Kier molecular flexibility index (Phi) is 2.45. The monoisotopic (exact) mass is 184 g/mol. The molecule has 0 spiro atoms. The van der Waals surface area contributed by atoms with Crippen molar-refractivity contribution in [2.24, 2.45) is 7.05 Å². The van der Waals surface area contributed by atoms with Gasteiger partial charge in [-0.2, -0.15) is 0 Å². The maximum atomic E-state index is 4.21. The first-order valence-electron chi connectivity index (χ1n) is 4.57. The van der Waals surface area contributed by atoms with Crippen LogP contribution in [0.4, 0.5) is 0 Å². The maximum Gasteiger partial charge on any atom is 0.132 e. The van der Waals surface area contributed by atoms with Gasteiger partial charge in [-0.15, -0.1) is 0 Å². The molecule has 14 heavy (non-hydrogen) atoms. The SMILES string of the molecule is Cn1ccnc1/C=C/c1ccccc1. The van der Waals surface area contributed by atoms with Gasteiger partial charge in [-0.1, -0.05) is 36.4 Å². The number of aryl methyl sites for hydroxylation is 1. The van der Waals surface area contributed by atoms with E-state index < -0.39 is 0 Å². The molecule has 2 aromatic rings. The average Bonchev–Trinajstić information content (AvgIpc) is 2.63. The topological polar surface area (TPSA) is 17.8 Å². The van der Waals surface area contributed by atoms with Gasteiger partial charge in [0.25, 0.3) is 0 Å². The van der Waals surface area contributed by atoms with Crippen LogP contribution in [0.2, 0.25) is 0 Å². The van der Waals surface area contributed by atoms with Crippen LogP contribution in [0.15, 0.2) is 42.7 Å². The van der Waals surface area contributed by atoms with Crippen molar-refractivity contribution in [1.29, 1.82) is 0 Å². The van der Waals surface area contributed by atoms with Crippen LogP contribution in [0.5, 0.6) is 0 Å². The molecule has 0 aliphatic rings. The lowest BCUT2D eigenvalue weighted by Gasteiger charge is -1.94. The van der Waals surface area contributed by atoms with E-state index >= 15 is 0 Å². The van der Waals surface area contributed by atoms with E-state index in [1.165, 1.54) is 5.56 Å². The summed E-state index contributed by atoms with van der Waals surface area (Å²) < 4.78 is 1.99. The normalized spacial score (nSPS) is 10.9. The van der Waals surface area contributed by atoms with Gasteiger partial charge in [0.05, 0.1) is 0 Å². The second-order valence-corrected chi connectivity index (χ2v) is 3.14. The molecule has 0 saturated heterocycles. The Morgan fingerprint density at radius 3 is 2.57 bits per heavy atom. The summed E-state index contributed by atoms with van der Waals surface area (Å²) in [4.78, 5) is 4.21. The third-order valence-electron chi connectivity index (χ3n) is 2.08. The summed E-state index contributed by atoms with van der Waals surface area (Å²) in [6.45, 7) is 0. The summed E-state index contributed by atoms with van der Waals surface area (Å²) in [7, 11) is 1.98. The predicted octanol–water partition coefficient (Wildman–Crippen LogP) is 2.59. The van der Waals surface area contributed by atoms with Crippen LogP contribution in [-0.2, 0) is 7.05 Å². The van der Waals surface area contributed by atoms with Crippen molar-refractivity contribution < 1.29 is 0 Å². The van der Waals surface area contributed by atoms with Gasteiger partial charge >= 0.3 is 0 Å². The quantitative estimate of drug-likeness (QED) is 0.701. The van der Waals surface area contributed by atoms with Crippen molar-refractivity contribution in [3.63, 3.8) is 0 Å². The zero-order chi connectivity index (χ0) is 9.80. The number of hydrogen-bond acceptors (Lipinski definition) is 1. The van der Waals surface area contributed by atoms with Gasteiger partial charge in [-0.05, 0) is 11.6 Å². The van der Waals surface area contributed by atoms with Crippen LogP contribution < -0.4 is 0 Å². The molecule has 0 aliphatic heterocycles. The van der Waals surface area contributed by atoms with Crippen LogP contribution in [0, 0.1) is 0 Å². The van der Waals surface area contributed by atoms with E-state index in [1.807, 2.05) is 42.1 Å². The highest BCUT2D eigenvalue weighted by Gasteiger charge is 1.91. The highest BCUT2D eigenvalue weighted by Crippen LogP contribution is 2.05. The molecule has 0 amide bonds. The molecule has 1 aromatic carbocycles. The number of imidazole rings is 1. The third kappa shape index (κ3) is 1.91. The summed E-state index contributed by atoms with van der Waals surface area (Å²) in [6.07, 6.45) is 7.80. The number of rotatable bonds is 2. The highest BCUT2D eigenvalue weighted by molar-refractivity contribution is 5.66. The third-order valence-corrected chi connectivity index (χ3v) is 2.08. The summed E-state index contributed by atoms with van der Waals surface area (Å²) in [6, 6.07) is 10.2. The average molecular weight is 184 g/mol. The Labute approximate surface area is 83.5 Å². The van der Waals surface area contributed by atoms with Crippen molar-refractivity contribution in [3.8, 4) is 0 Å². The van der Waals surface area contributed by atoms with E-state index in [0.29, 0.717) is 0 Å². The van der Waals surface area contributed by atoms with Gasteiger partial charge in [-0.3, -0.25) is 0 Å². The zero-order valence-electron chi connectivity index (χ0n) is 8.09. The molecule has 1 heterocycles. The van der Waals surface area contributed by atoms with Crippen LogP contribution in [0.25, 0.3) is 12.2 Å². The molecule has 0 radical (unpaired) electrons. The van der Waals surface area contributed by atoms with E-state index in [0.717, 1.165) is 5.82 Å². The summed E-state index contributed by atoms with van der Waals surface area (Å²) in [5, 5.41) is 0. The van der Waals surface area contributed by atoms with Crippen LogP contribution in [0.3, 0.4) is 0 Å². The second-order valence-electron chi connectivity index (χ2n) is 3.14. The van der Waals surface area contributed by atoms with E-state index in [2.05, 4.69) is 23.2 Å². The smallest absolute Gasteiger partial charge is 0.132 e. The lowest BCUT2D eigenvalue weighted by Crippen LogP contribution is -1.88. The summed E-state index contributed by atoms with van der Waals surface area (Å²) in [5.74, 6) is 0.967. The molecule has 70 valence electrons. The molecule has 0 saturated carbocycles. The fraction of sp³-hybridized carbons (Fsp3) is 0.0833. The first-order chi connectivity index (χ1) is 6.86. The van der Waals surface area contributed by atoms with E-state index in [-0.39, 0.29) is 0 Å². The molecule has 2 heteroatoms. The highest BCUT2D eigenvalue weighted by atomic mass is 15.0. The fourth-order valence-corrected chi connectivity index (χ4v) is 1.27. The Balaban J connectivity index is 2.20. The molecule has 0 N–H and O–H groups in total. The minimum atomic E-state index is 0.967. The van der Waals surface area contributed by atoms with Crippen LogP contribution in [0.1, 0.15) is 11.4 Å². The van der Waals surface area contributed by atoms with Crippen molar-refractivity contribution in [3.05, 3.63) is 54.1 Å². The lowest BCUT2D eigenvalue weighted by molar-refractivity contribution is 0.898. The molecule has 0 aliphatic carbocycles. The molecule has 1 aromatic heterocycles. The Hall–Kier alpha value is -1.83. The van der Waals surface area contributed by atoms with Gasteiger partial charge in [0.1, 0.15) is 5.82 Å². The summed E-state index contributed by atoms with van der Waals surface area (Å²) >= 11 is 0. The van der Waals surface area contributed by atoms with Gasteiger partial charge in [0.2, 0.25) is 0 Å². The van der Waals surface area contributed by atoms with E-state index in [4.69, 9.17) is 0 Å². The molecule has 2 rings (SSSR count). The number of aromatic nitrogens is 2. The Morgan fingerprint density at radius 2 is 1.93 bits per heavy atom. The molecule has 0 unspecified atom stereocenters. The zero-order valence-corrected chi connectivity index (χ0v) is 8.09. The van der Waals surface area contributed by atoms with Crippen molar-refractivity contribution >= 4 is 12.2 Å². The minimum absolute atomic E-state index is 0.967. The van der Waals surface area contributed by atoms with Crippen LogP contribution in [-0.4, -0.2) is 9.55 Å². The number of nitrogens with zero attached hydrogens (tertiary/aromatic N) is 2. The van der Waals surface area contributed by atoms with Crippen molar-refractivity contribution in [1.82, 2.24) is 9.55 Å².